The number of rotatable bonds is 3. The Bertz CT molecular complexity index is 447. The van der Waals surface area contributed by atoms with Crippen molar-refractivity contribution in [2.75, 3.05) is 6.54 Å². The van der Waals surface area contributed by atoms with Crippen LogP contribution >= 0.6 is 11.6 Å². The van der Waals surface area contributed by atoms with E-state index in [-0.39, 0.29) is 18.9 Å². The maximum absolute atomic E-state index is 11.8. The highest BCUT2D eigenvalue weighted by Gasteiger charge is 2.34. The van der Waals surface area contributed by atoms with E-state index in [0.29, 0.717) is 11.1 Å². The molecule has 2 rings (SSSR count). The van der Waals surface area contributed by atoms with E-state index in [9.17, 15) is 14.7 Å². The Morgan fingerprint density at radius 1 is 1.44 bits per heavy atom. The van der Waals surface area contributed by atoms with Crippen molar-refractivity contribution in [3.8, 4) is 0 Å². The van der Waals surface area contributed by atoms with Crippen LogP contribution in [0.5, 0.6) is 0 Å². The molecule has 0 radical (unpaired) electrons. The molecule has 1 N–H and O–H groups in total. The van der Waals surface area contributed by atoms with Gasteiger partial charge in [-0.25, -0.2) is 0 Å². The summed E-state index contributed by atoms with van der Waals surface area (Å²) in [5, 5.41) is 9.36. The number of carbonyl (C=O) groups is 2. The minimum Gasteiger partial charge on any atom is -0.369 e. The molecule has 5 heteroatoms. The van der Waals surface area contributed by atoms with Crippen LogP contribution in [0.1, 0.15) is 28.6 Å². The largest absolute Gasteiger partial charge is 0.369 e. The van der Waals surface area contributed by atoms with Gasteiger partial charge in [0.1, 0.15) is 0 Å². The van der Waals surface area contributed by atoms with Gasteiger partial charge in [0.2, 0.25) is 5.24 Å². The molecular weight excluding hydrogens is 230 g/mol. The van der Waals surface area contributed by atoms with Crippen molar-refractivity contribution >= 4 is 22.8 Å². The first-order chi connectivity index (χ1) is 7.61. The fourth-order valence-corrected chi connectivity index (χ4v) is 1.87. The van der Waals surface area contributed by atoms with Crippen molar-refractivity contribution in [1.29, 1.82) is 0 Å². The zero-order valence-electron chi connectivity index (χ0n) is 8.39. The summed E-state index contributed by atoms with van der Waals surface area (Å²) in [4.78, 5) is 23.7. The fourth-order valence-electron chi connectivity index (χ4n) is 1.78. The van der Waals surface area contributed by atoms with Gasteiger partial charge in [-0.3, -0.25) is 9.59 Å². The van der Waals surface area contributed by atoms with E-state index in [4.69, 9.17) is 11.6 Å². The zero-order valence-corrected chi connectivity index (χ0v) is 9.15. The Hall–Kier alpha value is -1.39. The molecule has 1 aliphatic rings. The van der Waals surface area contributed by atoms with Crippen LogP contribution in [0.3, 0.4) is 0 Å². The number of benzene rings is 1. The molecule has 0 spiro atoms. The standard InChI is InChI=1S/C11H10ClNO3/c12-9(14)5-6-13-10(15)7-3-1-2-4-8(7)11(13)16/h1-4,10,15H,5-6H2. The summed E-state index contributed by atoms with van der Waals surface area (Å²) in [7, 11) is 0. The lowest BCUT2D eigenvalue weighted by atomic mass is 10.1. The molecule has 1 aromatic carbocycles. The second-order valence-corrected chi connectivity index (χ2v) is 3.99. The molecule has 1 unspecified atom stereocenters. The second kappa shape index (κ2) is 4.23. The van der Waals surface area contributed by atoms with Crippen molar-refractivity contribution in [1.82, 2.24) is 4.90 Å². The van der Waals surface area contributed by atoms with E-state index in [2.05, 4.69) is 0 Å². The van der Waals surface area contributed by atoms with Gasteiger partial charge in [-0.1, -0.05) is 18.2 Å². The molecule has 1 aromatic rings. The molecule has 16 heavy (non-hydrogen) atoms. The maximum atomic E-state index is 11.8. The normalized spacial score (nSPS) is 18.8. The molecule has 0 saturated carbocycles. The average molecular weight is 240 g/mol. The quantitative estimate of drug-likeness (QED) is 0.809. The first-order valence-corrected chi connectivity index (χ1v) is 5.25. The summed E-state index contributed by atoms with van der Waals surface area (Å²) in [5.74, 6) is -0.263. The number of nitrogens with zero attached hydrogens (tertiary/aromatic N) is 1. The van der Waals surface area contributed by atoms with Crippen LogP contribution in [-0.2, 0) is 4.79 Å². The van der Waals surface area contributed by atoms with E-state index in [1.807, 2.05) is 0 Å². The number of hydrogen-bond acceptors (Lipinski definition) is 3. The highest BCUT2D eigenvalue weighted by molar-refractivity contribution is 6.63. The number of aliphatic hydroxyl groups excluding tert-OH is 1. The van der Waals surface area contributed by atoms with E-state index in [1.165, 1.54) is 4.90 Å². The number of fused-ring (bicyclic) bond motifs is 1. The zero-order chi connectivity index (χ0) is 11.7. The van der Waals surface area contributed by atoms with Gasteiger partial charge in [0.15, 0.2) is 6.23 Å². The van der Waals surface area contributed by atoms with E-state index >= 15 is 0 Å². The van der Waals surface area contributed by atoms with E-state index < -0.39 is 11.5 Å². The number of amides is 1. The summed E-state index contributed by atoms with van der Waals surface area (Å²) in [5.41, 5.74) is 1.06. The van der Waals surface area contributed by atoms with E-state index in [0.717, 1.165) is 0 Å². The Morgan fingerprint density at radius 2 is 2.12 bits per heavy atom. The maximum Gasteiger partial charge on any atom is 0.256 e. The molecule has 84 valence electrons. The smallest absolute Gasteiger partial charge is 0.256 e. The molecule has 0 fully saturated rings. The minimum atomic E-state index is -0.972. The third kappa shape index (κ3) is 1.81. The van der Waals surface area contributed by atoms with Gasteiger partial charge in [0, 0.05) is 24.1 Å². The Morgan fingerprint density at radius 3 is 2.75 bits per heavy atom. The summed E-state index contributed by atoms with van der Waals surface area (Å²) in [6.07, 6.45) is -0.932. The lowest BCUT2D eigenvalue weighted by Crippen LogP contribution is -2.29. The van der Waals surface area contributed by atoms with Gasteiger partial charge >= 0.3 is 0 Å². The molecule has 1 atom stereocenters. The Labute approximate surface area is 97.4 Å². The van der Waals surface area contributed by atoms with Gasteiger partial charge in [-0.2, -0.15) is 0 Å². The lowest BCUT2D eigenvalue weighted by molar-refractivity contribution is -0.112. The predicted molar refractivity (Wildman–Crippen MR) is 57.9 cm³/mol. The van der Waals surface area contributed by atoms with Gasteiger partial charge in [0.25, 0.3) is 5.91 Å². The van der Waals surface area contributed by atoms with Crippen LogP contribution in [0.25, 0.3) is 0 Å². The molecule has 0 saturated heterocycles. The number of carbonyl (C=O) groups excluding carboxylic acids is 2. The molecular formula is C11H10ClNO3. The van der Waals surface area contributed by atoms with Crippen molar-refractivity contribution in [3.05, 3.63) is 35.4 Å². The van der Waals surface area contributed by atoms with Gasteiger partial charge in [0.05, 0.1) is 0 Å². The van der Waals surface area contributed by atoms with Crippen molar-refractivity contribution < 1.29 is 14.7 Å². The van der Waals surface area contributed by atoms with Crippen molar-refractivity contribution in [2.45, 2.75) is 12.6 Å². The molecule has 0 aliphatic carbocycles. The van der Waals surface area contributed by atoms with Crippen molar-refractivity contribution in [3.63, 3.8) is 0 Å². The van der Waals surface area contributed by atoms with Crippen LogP contribution < -0.4 is 0 Å². The lowest BCUT2D eigenvalue weighted by Gasteiger charge is -2.19. The minimum absolute atomic E-state index is 0.0400. The Balaban J connectivity index is 2.21. The number of halogens is 1. The van der Waals surface area contributed by atoms with Gasteiger partial charge in [-0.05, 0) is 17.7 Å². The molecule has 0 aromatic heterocycles. The predicted octanol–water partition coefficient (Wildman–Crippen LogP) is 1.29. The third-order valence-corrected chi connectivity index (χ3v) is 2.76. The van der Waals surface area contributed by atoms with E-state index in [1.54, 1.807) is 24.3 Å². The van der Waals surface area contributed by atoms with Gasteiger partial charge in [-0.15, -0.1) is 0 Å². The average Bonchev–Trinajstić information content (AvgIpc) is 2.50. The SMILES string of the molecule is O=C(Cl)CCN1C(=O)c2ccccc2C1O. The number of hydrogen-bond donors (Lipinski definition) is 1. The highest BCUT2D eigenvalue weighted by atomic mass is 35.5. The molecule has 1 amide bonds. The van der Waals surface area contributed by atoms with Gasteiger partial charge < -0.3 is 10.0 Å². The monoisotopic (exact) mass is 239 g/mol. The second-order valence-electron chi connectivity index (χ2n) is 3.56. The van der Waals surface area contributed by atoms with Crippen LogP contribution in [0.2, 0.25) is 0 Å². The molecule has 1 heterocycles. The number of aliphatic hydroxyl groups is 1. The molecule has 4 nitrogen and oxygen atoms in total. The van der Waals surface area contributed by atoms with Crippen molar-refractivity contribution in [2.24, 2.45) is 0 Å². The van der Waals surface area contributed by atoms with Crippen LogP contribution in [-0.4, -0.2) is 27.7 Å². The fraction of sp³-hybridized carbons (Fsp3) is 0.273. The third-order valence-electron chi connectivity index (χ3n) is 2.57. The van der Waals surface area contributed by atoms with Crippen LogP contribution in [0, 0.1) is 0 Å². The van der Waals surface area contributed by atoms with Crippen LogP contribution in [0.15, 0.2) is 24.3 Å². The summed E-state index contributed by atoms with van der Waals surface area (Å²) < 4.78 is 0. The first kappa shape index (κ1) is 11.1. The summed E-state index contributed by atoms with van der Waals surface area (Å²) in [6.45, 7) is 0.136. The summed E-state index contributed by atoms with van der Waals surface area (Å²) in [6, 6.07) is 6.84. The first-order valence-electron chi connectivity index (χ1n) is 4.87. The summed E-state index contributed by atoms with van der Waals surface area (Å²) >= 11 is 5.20. The molecule has 0 bridgehead atoms. The topological polar surface area (TPSA) is 57.6 Å². The Kier molecular flexibility index (Phi) is 2.94. The van der Waals surface area contributed by atoms with Crippen LogP contribution in [0.4, 0.5) is 0 Å². The highest BCUT2D eigenvalue weighted by Crippen LogP contribution is 2.31. The molecule has 1 aliphatic heterocycles.